The number of ether oxygens (including phenoxy) is 2. The highest BCUT2D eigenvalue weighted by atomic mass is 16.7. The van der Waals surface area contributed by atoms with Gasteiger partial charge in [0, 0.05) is 18.8 Å². The minimum absolute atomic E-state index is 0.230. The average Bonchev–Trinajstić information content (AvgIpc) is 2.28. The van der Waals surface area contributed by atoms with Gasteiger partial charge in [0.1, 0.15) is 0 Å². The molecular formula is C15H24O2. The summed E-state index contributed by atoms with van der Waals surface area (Å²) in [5.74, 6) is 0.556. The van der Waals surface area contributed by atoms with Crippen LogP contribution in [0.2, 0.25) is 0 Å². The van der Waals surface area contributed by atoms with Gasteiger partial charge in [-0.1, -0.05) is 32.0 Å². The van der Waals surface area contributed by atoms with Crippen LogP contribution >= 0.6 is 0 Å². The van der Waals surface area contributed by atoms with Gasteiger partial charge in [0.05, 0.1) is 0 Å². The lowest BCUT2D eigenvalue weighted by Gasteiger charge is -2.20. The molecule has 0 bridgehead atoms. The van der Waals surface area contributed by atoms with Gasteiger partial charge in [0.2, 0.25) is 0 Å². The van der Waals surface area contributed by atoms with Crippen LogP contribution in [0.4, 0.5) is 0 Å². The summed E-state index contributed by atoms with van der Waals surface area (Å²) < 4.78 is 11.3. The van der Waals surface area contributed by atoms with Crippen molar-refractivity contribution in [2.24, 2.45) is 0 Å². The van der Waals surface area contributed by atoms with Crippen LogP contribution in [0.25, 0.3) is 0 Å². The van der Waals surface area contributed by atoms with Crippen LogP contribution in [0, 0.1) is 6.92 Å². The molecule has 2 nitrogen and oxygen atoms in total. The van der Waals surface area contributed by atoms with Crippen molar-refractivity contribution in [3.8, 4) is 0 Å². The van der Waals surface area contributed by atoms with Gasteiger partial charge in [-0.15, -0.1) is 0 Å². The van der Waals surface area contributed by atoms with Crippen LogP contribution in [0.3, 0.4) is 0 Å². The molecule has 0 atom stereocenters. The van der Waals surface area contributed by atoms with Gasteiger partial charge in [0.25, 0.3) is 0 Å². The highest BCUT2D eigenvalue weighted by Gasteiger charge is 2.14. The number of aryl methyl sites for hydroxylation is 1. The largest absolute Gasteiger partial charge is 0.349 e. The Morgan fingerprint density at radius 2 is 1.65 bits per heavy atom. The van der Waals surface area contributed by atoms with Crippen LogP contribution in [0.15, 0.2) is 18.2 Å². The van der Waals surface area contributed by atoms with E-state index in [2.05, 4.69) is 39.0 Å². The second kappa shape index (κ2) is 6.77. The second-order valence-electron chi connectivity index (χ2n) is 4.51. The van der Waals surface area contributed by atoms with Gasteiger partial charge in [-0.2, -0.15) is 0 Å². The summed E-state index contributed by atoms with van der Waals surface area (Å²) in [4.78, 5) is 0. The predicted octanol–water partition coefficient (Wildman–Crippen LogP) is 4.19. The molecule has 0 fully saturated rings. The lowest BCUT2D eigenvalue weighted by Crippen LogP contribution is -2.10. The average molecular weight is 236 g/mol. The Morgan fingerprint density at radius 1 is 1.06 bits per heavy atom. The molecule has 2 heteroatoms. The van der Waals surface area contributed by atoms with E-state index in [0.717, 1.165) is 5.56 Å². The minimum Gasteiger partial charge on any atom is -0.349 e. The third kappa shape index (κ3) is 3.83. The third-order valence-corrected chi connectivity index (χ3v) is 2.85. The van der Waals surface area contributed by atoms with Crippen LogP contribution in [0.1, 0.15) is 56.6 Å². The summed E-state index contributed by atoms with van der Waals surface area (Å²) in [5, 5.41) is 0. The van der Waals surface area contributed by atoms with Crippen LogP contribution < -0.4 is 0 Å². The lowest BCUT2D eigenvalue weighted by molar-refractivity contribution is -0.140. The first-order chi connectivity index (χ1) is 8.10. The van der Waals surface area contributed by atoms with E-state index in [-0.39, 0.29) is 6.29 Å². The molecule has 0 saturated heterocycles. The molecule has 0 amide bonds. The van der Waals surface area contributed by atoms with E-state index < -0.39 is 0 Å². The Morgan fingerprint density at radius 3 is 2.06 bits per heavy atom. The maximum absolute atomic E-state index is 5.63. The number of benzene rings is 1. The van der Waals surface area contributed by atoms with E-state index in [0.29, 0.717) is 19.1 Å². The summed E-state index contributed by atoms with van der Waals surface area (Å²) in [6.07, 6.45) is -0.230. The van der Waals surface area contributed by atoms with Crippen molar-refractivity contribution in [3.63, 3.8) is 0 Å². The summed E-state index contributed by atoms with van der Waals surface area (Å²) >= 11 is 0. The Kier molecular flexibility index (Phi) is 5.66. The molecule has 0 aliphatic carbocycles. The standard InChI is InChI=1S/C15H24O2/c1-6-16-15(17-7-2)14-9-8-13(11(3)4)10-12(14)5/h8-11,15H,6-7H2,1-5H3. The summed E-state index contributed by atoms with van der Waals surface area (Å²) in [7, 11) is 0. The van der Waals surface area contributed by atoms with E-state index in [1.807, 2.05) is 13.8 Å². The molecule has 96 valence electrons. The molecule has 0 unspecified atom stereocenters. The molecule has 0 spiro atoms. The van der Waals surface area contributed by atoms with Crippen molar-refractivity contribution >= 4 is 0 Å². The molecule has 17 heavy (non-hydrogen) atoms. The fourth-order valence-corrected chi connectivity index (χ4v) is 1.85. The van der Waals surface area contributed by atoms with Crippen molar-refractivity contribution in [1.29, 1.82) is 0 Å². The van der Waals surface area contributed by atoms with Gasteiger partial charge >= 0.3 is 0 Å². The predicted molar refractivity (Wildman–Crippen MR) is 71.3 cm³/mol. The summed E-state index contributed by atoms with van der Waals surface area (Å²) in [6.45, 7) is 11.8. The fourth-order valence-electron chi connectivity index (χ4n) is 1.85. The molecule has 0 aliphatic rings. The molecule has 0 aliphatic heterocycles. The summed E-state index contributed by atoms with van der Waals surface area (Å²) in [5.41, 5.74) is 3.74. The molecule has 1 aromatic carbocycles. The number of hydrogen-bond acceptors (Lipinski definition) is 2. The quantitative estimate of drug-likeness (QED) is 0.689. The smallest absolute Gasteiger partial charge is 0.184 e. The van der Waals surface area contributed by atoms with Gasteiger partial charge in [-0.3, -0.25) is 0 Å². The number of rotatable bonds is 6. The fraction of sp³-hybridized carbons (Fsp3) is 0.600. The zero-order valence-electron chi connectivity index (χ0n) is 11.6. The number of hydrogen-bond donors (Lipinski definition) is 0. The monoisotopic (exact) mass is 236 g/mol. The van der Waals surface area contributed by atoms with Gasteiger partial charge in [0.15, 0.2) is 6.29 Å². The molecule has 0 heterocycles. The molecule has 0 aromatic heterocycles. The van der Waals surface area contributed by atoms with Crippen molar-refractivity contribution in [2.75, 3.05) is 13.2 Å². The van der Waals surface area contributed by atoms with Gasteiger partial charge < -0.3 is 9.47 Å². The minimum atomic E-state index is -0.230. The second-order valence-corrected chi connectivity index (χ2v) is 4.51. The van der Waals surface area contributed by atoms with Crippen LogP contribution in [0.5, 0.6) is 0 Å². The van der Waals surface area contributed by atoms with Crippen LogP contribution in [-0.2, 0) is 9.47 Å². The van der Waals surface area contributed by atoms with E-state index in [9.17, 15) is 0 Å². The zero-order chi connectivity index (χ0) is 12.8. The first-order valence-electron chi connectivity index (χ1n) is 6.43. The maximum atomic E-state index is 5.63. The maximum Gasteiger partial charge on any atom is 0.184 e. The molecule has 0 saturated carbocycles. The Labute approximate surface area is 105 Å². The van der Waals surface area contributed by atoms with Gasteiger partial charge in [-0.25, -0.2) is 0 Å². The Balaban J connectivity index is 2.95. The Bertz CT molecular complexity index is 339. The zero-order valence-corrected chi connectivity index (χ0v) is 11.6. The topological polar surface area (TPSA) is 18.5 Å². The SMILES string of the molecule is CCOC(OCC)c1ccc(C(C)C)cc1C. The van der Waals surface area contributed by atoms with Crippen molar-refractivity contribution in [2.45, 2.75) is 46.8 Å². The molecule has 1 rings (SSSR count). The normalized spacial score (nSPS) is 11.5. The molecule has 0 N–H and O–H groups in total. The Hall–Kier alpha value is -0.860. The van der Waals surface area contributed by atoms with Crippen molar-refractivity contribution < 1.29 is 9.47 Å². The molecule has 1 aromatic rings. The van der Waals surface area contributed by atoms with Crippen molar-refractivity contribution in [3.05, 3.63) is 34.9 Å². The lowest BCUT2D eigenvalue weighted by atomic mass is 9.98. The van der Waals surface area contributed by atoms with E-state index in [4.69, 9.17) is 9.47 Å². The highest BCUT2D eigenvalue weighted by molar-refractivity contribution is 5.33. The first-order valence-corrected chi connectivity index (χ1v) is 6.43. The summed E-state index contributed by atoms with van der Waals surface area (Å²) in [6, 6.07) is 6.52. The third-order valence-electron chi connectivity index (χ3n) is 2.85. The van der Waals surface area contributed by atoms with Crippen LogP contribution in [-0.4, -0.2) is 13.2 Å². The van der Waals surface area contributed by atoms with Gasteiger partial charge in [-0.05, 0) is 37.8 Å². The first kappa shape index (κ1) is 14.2. The molecule has 0 radical (unpaired) electrons. The van der Waals surface area contributed by atoms with E-state index in [1.54, 1.807) is 0 Å². The highest BCUT2D eigenvalue weighted by Crippen LogP contribution is 2.25. The van der Waals surface area contributed by atoms with E-state index in [1.165, 1.54) is 11.1 Å². The van der Waals surface area contributed by atoms with Crippen molar-refractivity contribution in [1.82, 2.24) is 0 Å². The van der Waals surface area contributed by atoms with E-state index >= 15 is 0 Å². The molecular weight excluding hydrogens is 212 g/mol.